The van der Waals surface area contributed by atoms with Crippen molar-refractivity contribution in [2.45, 2.75) is 48.2 Å². The largest absolute Gasteiger partial charge is 0.337 e. The Morgan fingerprint density at radius 2 is 1.69 bits per heavy atom. The van der Waals surface area contributed by atoms with Crippen LogP contribution in [0, 0.1) is 27.7 Å². The van der Waals surface area contributed by atoms with Gasteiger partial charge in [0.15, 0.2) is 15.2 Å². The lowest BCUT2D eigenvalue weighted by Crippen LogP contribution is -2.33. The number of likely N-dealkylation sites (N-methyl/N-ethyl adjacent to an activating group) is 1. The number of rotatable bonds is 11. The molecule has 2 aromatic heterocycles. The molecule has 210 valence electrons. The van der Waals surface area contributed by atoms with Crippen LogP contribution >= 0.6 is 22.9 Å². The molecule has 2 heterocycles. The molecular formula is C25H29ClN4O6S3. The molecule has 3 aromatic rings. The number of nitrogens with one attached hydrogen (secondary N) is 3. The fraction of sp³-hybridized carbons (Fsp3) is 0.280. The molecule has 0 radical (unpaired) electrons. The molecule has 0 aliphatic carbocycles. The Bertz CT molecular complexity index is 1660. The number of aryl methyl sites for hydroxylation is 4. The Kier molecular flexibility index (Phi) is 9.13. The number of thiophene rings is 1. The smallest absolute Gasteiger partial charge is 0.267 e. The molecule has 2 atom stereocenters. The lowest BCUT2D eigenvalue weighted by molar-refractivity contribution is 0.102. The Labute approximate surface area is 237 Å². The minimum absolute atomic E-state index is 0.0458. The molecule has 3 N–H and O–H groups in total. The van der Waals surface area contributed by atoms with Crippen molar-refractivity contribution in [2.75, 3.05) is 17.7 Å². The van der Waals surface area contributed by atoms with Crippen LogP contribution in [0.15, 0.2) is 57.1 Å². The lowest BCUT2D eigenvalue weighted by Gasteiger charge is -2.20. The van der Waals surface area contributed by atoms with Crippen LogP contribution in [0.25, 0.3) is 0 Å². The van der Waals surface area contributed by atoms with Gasteiger partial charge in [-0.15, -0.1) is 17.9 Å². The van der Waals surface area contributed by atoms with Gasteiger partial charge >= 0.3 is 0 Å². The average molecular weight is 613 g/mol. The summed E-state index contributed by atoms with van der Waals surface area (Å²) in [6.45, 7) is 13.7. The van der Waals surface area contributed by atoms with E-state index in [1.807, 2.05) is 0 Å². The SMILES string of the molecule is C=CC(NC)S(=O)(=O)c1cc(C)cc(C)c1NC(=O)c1scc(C)c1S(=O)(=O)C(C=C)Nc1onc(C)c1Cl. The summed E-state index contributed by atoms with van der Waals surface area (Å²) in [4.78, 5) is 13.1. The second-order valence-electron chi connectivity index (χ2n) is 8.73. The summed E-state index contributed by atoms with van der Waals surface area (Å²) in [5.41, 5.74) is 1.89. The Balaban J connectivity index is 2.08. The minimum Gasteiger partial charge on any atom is -0.337 e. The van der Waals surface area contributed by atoms with Crippen LogP contribution in [-0.4, -0.2) is 45.7 Å². The first-order chi connectivity index (χ1) is 18.2. The van der Waals surface area contributed by atoms with Gasteiger partial charge < -0.3 is 20.5 Å². The zero-order valence-corrected chi connectivity index (χ0v) is 25.2. The van der Waals surface area contributed by atoms with Crippen molar-refractivity contribution in [3.8, 4) is 0 Å². The second-order valence-corrected chi connectivity index (χ2v) is 14.0. The molecule has 10 nitrogen and oxygen atoms in total. The monoisotopic (exact) mass is 612 g/mol. The summed E-state index contributed by atoms with van der Waals surface area (Å²) in [5.74, 6) is -0.848. The van der Waals surface area contributed by atoms with Gasteiger partial charge in [-0.25, -0.2) is 16.8 Å². The zero-order valence-electron chi connectivity index (χ0n) is 22.0. The standard InChI is InChI=1S/C25H29ClN4O6S3/c1-8-18(27-7)38(32,33)17-11-13(3)10-14(4)21(17)29-24(31)22-23(15(5)12-37-22)39(34,35)19(9-2)28-25-20(26)16(6)30-36-25/h8-12,18-19,27-28H,1-2H2,3-7H3,(H,29,31). The Morgan fingerprint density at radius 3 is 2.23 bits per heavy atom. The van der Waals surface area contributed by atoms with Crippen molar-refractivity contribution >= 4 is 60.1 Å². The maximum Gasteiger partial charge on any atom is 0.267 e. The van der Waals surface area contributed by atoms with Gasteiger partial charge in [-0.3, -0.25) is 4.79 Å². The summed E-state index contributed by atoms with van der Waals surface area (Å²) < 4.78 is 59.3. The van der Waals surface area contributed by atoms with Crippen molar-refractivity contribution in [3.05, 3.63) is 75.1 Å². The van der Waals surface area contributed by atoms with Crippen molar-refractivity contribution in [1.29, 1.82) is 0 Å². The Hall–Kier alpha value is -2.97. The molecule has 0 fully saturated rings. The third kappa shape index (κ3) is 5.82. The molecular weight excluding hydrogens is 584 g/mol. The van der Waals surface area contributed by atoms with Crippen molar-refractivity contribution in [1.82, 2.24) is 10.5 Å². The molecule has 0 aliphatic rings. The van der Waals surface area contributed by atoms with Gasteiger partial charge in [0.1, 0.15) is 21.0 Å². The van der Waals surface area contributed by atoms with Crippen LogP contribution in [0.5, 0.6) is 0 Å². The first kappa shape index (κ1) is 30.6. The molecule has 2 unspecified atom stereocenters. The number of anilines is 2. The van der Waals surface area contributed by atoms with E-state index in [4.69, 9.17) is 16.1 Å². The van der Waals surface area contributed by atoms with Crippen LogP contribution in [0.4, 0.5) is 11.6 Å². The van der Waals surface area contributed by atoms with Gasteiger partial charge in [-0.05, 0) is 62.9 Å². The lowest BCUT2D eigenvalue weighted by atomic mass is 10.1. The highest BCUT2D eigenvalue weighted by Gasteiger charge is 2.35. The number of hydrogen-bond acceptors (Lipinski definition) is 10. The predicted octanol–water partition coefficient (Wildman–Crippen LogP) is 4.78. The number of sulfone groups is 2. The maximum atomic E-state index is 13.7. The van der Waals surface area contributed by atoms with E-state index in [9.17, 15) is 21.6 Å². The summed E-state index contributed by atoms with van der Waals surface area (Å²) in [7, 11) is -6.78. The molecule has 0 bridgehead atoms. The number of nitrogens with zero attached hydrogens (tertiary/aromatic N) is 1. The number of benzene rings is 1. The maximum absolute atomic E-state index is 13.7. The van der Waals surface area contributed by atoms with Crippen molar-refractivity contribution in [2.24, 2.45) is 0 Å². The molecule has 39 heavy (non-hydrogen) atoms. The van der Waals surface area contributed by atoms with Gasteiger partial charge in [0, 0.05) is 0 Å². The highest BCUT2D eigenvalue weighted by Crippen LogP contribution is 2.35. The van der Waals surface area contributed by atoms with Crippen LogP contribution < -0.4 is 16.0 Å². The van der Waals surface area contributed by atoms with E-state index in [2.05, 4.69) is 34.3 Å². The van der Waals surface area contributed by atoms with Gasteiger partial charge in [-0.2, -0.15) is 0 Å². The van der Waals surface area contributed by atoms with E-state index in [0.717, 1.165) is 17.4 Å². The van der Waals surface area contributed by atoms with Gasteiger partial charge in [0.05, 0.1) is 15.5 Å². The molecule has 14 heteroatoms. The number of halogens is 1. The molecule has 3 rings (SSSR count). The molecule has 0 saturated carbocycles. The second kappa shape index (κ2) is 11.6. The minimum atomic E-state index is -4.26. The number of carbonyl (C=O) groups is 1. The van der Waals surface area contributed by atoms with Crippen LogP contribution in [0.3, 0.4) is 0 Å². The van der Waals surface area contributed by atoms with Crippen molar-refractivity contribution in [3.63, 3.8) is 0 Å². The van der Waals surface area contributed by atoms with Crippen LogP contribution in [-0.2, 0) is 19.7 Å². The van der Waals surface area contributed by atoms with E-state index >= 15 is 0 Å². The first-order valence-corrected chi connectivity index (χ1v) is 15.8. The quantitative estimate of drug-likeness (QED) is 0.260. The number of hydrogen-bond donors (Lipinski definition) is 3. The summed E-state index contributed by atoms with van der Waals surface area (Å²) in [6.07, 6.45) is 2.39. The zero-order chi connectivity index (χ0) is 29.3. The number of amides is 1. The summed E-state index contributed by atoms with van der Waals surface area (Å²) in [6, 6.07) is 3.17. The molecule has 1 aromatic carbocycles. The van der Waals surface area contributed by atoms with Crippen LogP contribution in [0.1, 0.15) is 32.1 Å². The van der Waals surface area contributed by atoms with Gasteiger partial charge in [-0.1, -0.05) is 41.6 Å². The first-order valence-electron chi connectivity index (χ1n) is 11.5. The molecule has 1 amide bonds. The molecule has 0 spiro atoms. The number of carbonyl (C=O) groups excluding carboxylic acids is 1. The van der Waals surface area contributed by atoms with E-state index in [1.54, 1.807) is 33.8 Å². The highest BCUT2D eigenvalue weighted by molar-refractivity contribution is 7.92. The summed E-state index contributed by atoms with van der Waals surface area (Å²) >= 11 is 7.06. The van der Waals surface area contributed by atoms with E-state index in [0.29, 0.717) is 22.4 Å². The Morgan fingerprint density at radius 1 is 1.05 bits per heavy atom. The fourth-order valence-corrected chi connectivity index (χ4v) is 8.77. The van der Waals surface area contributed by atoms with E-state index < -0.39 is 36.3 Å². The number of aromatic nitrogens is 1. The fourth-order valence-electron chi connectivity index (χ4n) is 3.93. The van der Waals surface area contributed by atoms with Gasteiger partial charge in [0.25, 0.3) is 5.91 Å². The van der Waals surface area contributed by atoms with Crippen LogP contribution in [0.2, 0.25) is 5.02 Å². The van der Waals surface area contributed by atoms with E-state index in [-0.39, 0.29) is 31.3 Å². The van der Waals surface area contributed by atoms with Crippen molar-refractivity contribution < 1.29 is 26.2 Å². The topological polar surface area (TPSA) is 147 Å². The average Bonchev–Trinajstić information content (AvgIpc) is 3.41. The van der Waals surface area contributed by atoms with E-state index in [1.165, 1.54) is 24.6 Å². The molecule has 0 saturated heterocycles. The predicted molar refractivity (Wildman–Crippen MR) is 154 cm³/mol. The third-order valence-corrected chi connectivity index (χ3v) is 11.6. The highest BCUT2D eigenvalue weighted by atomic mass is 35.5. The normalized spacial score (nSPS) is 13.5. The molecule has 0 aliphatic heterocycles. The summed E-state index contributed by atoms with van der Waals surface area (Å²) in [5, 5.41) is 10.8. The van der Waals surface area contributed by atoms with Gasteiger partial charge in [0.2, 0.25) is 15.7 Å². The third-order valence-electron chi connectivity index (χ3n) is 5.84.